The fourth-order valence-electron chi connectivity index (χ4n) is 6.70. The summed E-state index contributed by atoms with van der Waals surface area (Å²) in [7, 11) is -3.69. The van der Waals surface area contributed by atoms with Crippen LogP contribution in [0.2, 0.25) is 0 Å². The molecule has 4 aromatic rings. The zero-order valence-electron chi connectivity index (χ0n) is 39.7. The third-order valence-electron chi connectivity index (χ3n) is 9.28. The third-order valence-corrected chi connectivity index (χ3v) is 11.2. The molecule has 0 radical (unpaired) electrons. The summed E-state index contributed by atoms with van der Waals surface area (Å²) in [6.07, 6.45) is 2.20. The van der Waals surface area contributed by atoms with Gasteiger partial charge in [-0.15, -0.1) is 24.0 Å². The number of nitrogens with two attached hydrogens (primary N) is 1. The van der Waals surface area contributed by atoms with Crippen LogP contribution in [0.3, 0.4) is 0 Å². The Balaban J connectivity index is 0.00000107. The number of carbonyl (C=O) groups is 6. The van der Waals surface area contributed by atoms with E-state index in [0.717, 1.165) is 11.2 Å². The molecule has 2 aliphatic rings. The van der Waals surface area contributed by atoms with Gasteiger partial charge in [-0.05, 0) is 73.5 Å². The van der Waals surface area contributed by atoms with Crippen LogP contribution in [-0.2, 0) is 34.0 Å². The number of rotatable bonds is 15. The summed E-state index contributed by atoms with van der Waals surface area (Å²) in [4.78, 5) is 72.3. The molecule has 0 saturated carbocycles. The molecular formula is C44H53I6N4O15S3-. The second-order valence-electron chi connectivity index (χ2n) is 14.5. The largest absolute Gasteiger partial charge is 0.197 e. The minimum absolute atomic E-state index is 0. The van der Waals surface area contributed by atoms with Gasteiger partial charge in [0.15, 0.2) is 23.0 Å². The van der Waals surface area contributed by atoms with E-state index in [0.29, 0.717) is 66.3 Å². The van der Waals surface area contributed by atoms with Crippen LogP contribution in [0.4, 0.5) is 11.4 Å². The van der Waals surface area contributed by atoms with Gasteiger partial charge in [0, 0.05) is 69.6 Å². The molecule has 72 heavy (non-hydrogen) atoms. The summed E-state index contributed by atoms with van der Waals surface area (Å²) in [6, 6.07) is 17.4. The van der Waals surface area contributed by atoms with E-state index >= 15 is 0 Å². The summed E-state index contributed by atoms with van der Waals surface area (Å²) in [5.74, 6) is -2.04. The second-order valence-corrected chi connectivity index (χ2v) is 35.1. The number of fused-ring (bicyclic) bond motifs is 2. The van der Waals surface area contributed by atoms with E-state index in [2.05, 4.69) is 89.8 Å². The number of imide groups is 1. The maximum Gasteiger partial charge on any atom is -0.197 e. The zero-order chi connectivity index (χ0) is 53.1. The van der Waals surface area contributed by atoms with E-state index in [4.69, 9.17) is 24.7 Å². The van der Waals surface area contributed by atoms with E-state index in [1.807, 2.05) is 6.92 Å². The molecule has 2 heterocycles. The monoisotopic (exact) mass is 1730 g/mol. The molecule has 4 N–H and O–H groups in total. The molecule has 2 atom stereocenters. The molecule has 0 saturated heterocycles. The topological polar surface area (TPSA) is 270 Å². The number of nitrogens with zero attached hydrogens (tertiary/aromatic N) is 1. The number of esters is 2. The standard InChI is InChI=1S/C22H24N2O7S.C12H19NO4S.C10H7NO4.I3.I2.HI.H2S/c1-5-31-19-11-14(9-10-18(19)30-3)17(12-32(4,28)29)24-21(26)15-7-6-8-16(23-13(2)25)20(15)22(24)27;1-4-17-12-7-9(5-6-11(12)16-2)10(13)8-18(3,14)15;1-5(12)11-7-4-2-3-6-8(7)10(14)15-9(6)13;1-3-2;1-2;;/h6-11,17H,5,12H2,1-4H3,(H,23,25);5-7,10H,4,8,13H2,1-3H3;2-4H,1H3,(H,11,12);;;1H;1H2/q;;;-1;;;/t17-;10-;;;;;/m11...../s1. The molecule has 0 fully saturated rings. The summed E-state index contributed by atoms with van der Waals surface area (Å²) >= 11 is 9.54. The van der Waals surface area contributed by atoms with Crippen LogP contribution in [0.1, 0.15) is 92.3 Å². The van der Waals surface area contributed by atoms with Crippen molar-refractivity contribution in [2.24, 2.45) is 5.73 Å². The number of cyclic esters (lactones) is 2. The van der Waals surface area contributed by atoms with Gasteiger partial charge in [-0.25, -0.2) is 26.4 Å². The summed E-state index contributed by atoms with van der Waals surface area (Å²) in [5, 5.41) is 5.02. The Morgan fingerprint density at radius 3 is 1.54 bits per heavy atom. The van der Waals surface area contributed by atoms with Crippen molar-refractivity contribution in [2.45, 2.75) is 39.8 Å². The fraction of sp³-hybridized carbons (Fsp3) is 0.318. The third kappa shape index (κ3) is 21.1. The molecule has 2 aliphatic heterocycles. The van der Waals surface area contributed by atoms with E-state index in [9.17, 15) is 45.6 Å². The molecule has 4 amide bonds. The number of anilines is 2. The van der Waals surface area contributed by atoms with Gasteiger partial charge >= 0.3 is 62.4 Å². The van der Waals surface area contributed by atoms with Crippen LogP contribution >= 0.6 is 112 Å². The Morgan fingerprint density at radius 1 is 0.681 bits per heavy atom. The number of halogens is 6. The molecule has 28 heteroatoms. The van der Waals surface area contributed by atoms with Crippen LogP contribution in [-0.4, -0.2) is 109 Å². The molecule has 0 aromatic heterocycles. The summed E-state index contributed by atoms with van der Waals surface area (Å²) in [5.41, 5.74) is 7.91. The van der Waals surface area contributed by atoms with Gasteiger partial charge < -0.3 is 40.1 Å². The summed E-state index contributed by atoms with van der Waals surface area (Å²) in [6.45, 7) is 7.10. The van der Waals surface area contributed by atoms with Gasteiger partial charge in [-0.1, -0.05) is 24.3 Å². The van der Waals surface area contributed by atoms with Gasteiger partial charge in [0.25, 0.3) is 11.8 Å². The van der Waals surface area contributed by atoms with Gasteiger partial charge in [0.1, 0.15) is 19.7 Å². The number of methoxy groups -OCH3 is 2. The number of hydrogen-bond donors (Lipinski definition) is 3. The minimum Gasteiger partial charge on any atom is -0.197 e. The van der Waals surface area contributed by atoms with Crippen molar-refractivity contribution in [2.75, 3.05) is 62.1 Å². The molecule has 19 nitrogen and oxygen atoms in total. The predicted octanol–water partition coefficient (Wildman–Crippen LogP) is 5.81. The second kappa shape index (κ2) is 33.8. The molecule has 0 spiro atoms. The molecule has 6 rings (SSSR count). The van der Waals surface area contributed by atoms with E-state index in [1.165, 1.54) is 45.4 Å². The number of benzene rings is 4. The number of ether oxygens (including phenoxy) is 5. The van der Waals surface area contributed by atoms with Crippen LogP contribution in [0.15, 0.2) is 72.8 Å². The van der Waals surface area contributed by atoms with Crippen molar-refractivity contribution in [1.82, 2.24) is 4.90 Å². The average Bonchev–Trinajstić information content (AvgIpc) is 3.73. The normalized spacial score (nSPS) is 12.8. The van der Waals surface area contributed by atoms with Crippen LogP contribution in [0.25, 0.3) is 0 Å². The van der Waals surface area contributed by atoms with E-state index in [1.54, 1.807) is 68.6 Å². The predicted molar refractivity (Wildman–Crippen MR) is 321 cm³/mol. The zero-order valence-corrected chi connectivity index (χ0v) is 55.4. The smallest absolute Gasteiger partial charge is 0.197 e. The Kier molecular flexibility index (Phi) is 32.8. The number of amides is 4. The first-order chi connectivity index (χ1) is 32.9. The first-order valence-electron chi connectivity index (χ1n) is 20.1. The SMILES string of the molecule is CC(=O)Nc1cccc2c1C(=O)OC2=O.CCOc1cc([C@@H](CS(C)(=O)=O)N2C(=O)c3cccc(NC(C)=O)c3C2=O)ccc1OC.CCOc1cc([C@H](N)CS(C)(=O)=O)ccc1OC.I.II.I[I-]I.S. The van der Waals surface area contributed by atoms with Crippen LogP contribution in [0, 0.1) is 0 Å². The molecular weight excluding hydrogens is 1680 g/mol. The van der Waals surface area contributed by atoms with Crippen LogP contribution < -0.4 is 48.6 Å². The van der Waals surface area contributed by atoms with Gasteiger partial charge in [0.05, 0.1) is 78.6 Å². The van der Waals surface area contributed by atoms with Crippen LogP contribution in [0.5, 0.6) is 23.0 Å². The maximum absolute atomic E-state index is 13.3. The average molecular weight is 1740 g/mol. The van der Waals surface area contributed by atoms with Crippen molar-refractivity contribution in [3.63, 3.8) is 0 Å². The molecule has 4 aromatic carbocycles. The number of hydrogen-bond acceptors (Lipinski definition) is 16. The van der Waals surface area contributed by atoms with Gasteiger partial charge in [-0.2, -0.15) is 13.5 Å². The molecule has 400 valence electrons. The van der Waals surface area contributed by atoms with Gasteiger partial charge in [0.2, 0.25) is 11.8 Å². The summed E-state index contributed by atoms with van der Waals surface area (Å²) < 4.78 is 72.8. The Labute approximate surface area is 496 Å². The Morgan fingerprint density at radius 2 is 1.11 bits per heavy atom. The van der Waals surface area contributed by atoms with E-state index in [-0.39, 0.29) is 77.1 Å². The first-order valence-corrected chi connectivity index (χ1v) is 43.1. The first kappa shape index (κ1) is 69.9. The maximum atomic E-state index is 13.3. The number of carbonyl (C=O) groups excluding carboxylic acids is 6. The number of nitrogens with one attached hydrogen (secondary N) is 2. The Bertz CT molecular complexity index is 2770. The minimum atomic E-state index is -3.60. The van der Waals surface area contributed by atoms with E-state index < -0.39 is 67.2 Å². The molecule has 0 unspecified atom stereocenters. The molecule has 0 bridgehead atoms. The van der Waals surface area contributed by atoms with Crippen molar-refractivity contribution >= 4 is 179 Å². The number of sulfone groups is 2. The quantitative estimate of drug-likeness (QED) is 0.0549. The van der Waals surface area contributed by atoms with Gasteiger partial charge in [-0.3, -0.25) is 24.1 Å². The molecule has 0 aliphatic carbocycles. The van der Waals surface area contributed by atoms with Crippen molar-refractivity contribution in [3.8, 4) is 23.0 Å². The van der Waals surface area contributed by atoms with Crippen molar-refractivity contribution in [3.05, 3.63) is 106 Å². The van der Waals surface area contributed by atoms with Crippen molar-refractivity contribution < 1.29 is 82.5 Å². The van der Waals surface area contributed by atoms with Crippen molar-refractivity contribution in [1.29, 1.82) is 0 Å². The fourth-order valence-corrected chi connectivity index (χ4v) is 8.46. The Hall–Kier alpha value is -2.11.